The Balaban J connectivity index is 0.00000136. The largest absolute Gasteiger partial charge is 0.311 e. The molecule has 0 saturated heterocycles. The number of hydrogen-bond acceptors (Lipinski definition) is 2. The first-order valence-electron chi connectivity index (χ1n) is 10.1. The summed E-state index contributed by atoms with van der Waals surface area (Å²) in [6.07, 6.45) is 3.09. The highest BCUT2D eigenvalue weighted by molar-refractivity contribution is 6.06. The molecule has 3 heteroatoms. The van der Waals surface area contributed by atoms with E-state index in [-0.39, 0.29) is 16.7 Å². The van der Waals surface area contributed by atoms with Crippen LogP contribution in [0.25, 0.3) is 0 Å². The highest BCUT2D eigenvalue weighted by Gasteiger charge is 2.37. The van der Waals surface area contributed by atoms with Gasteiger partial charge in [0, 0.05) is 23.9 Å². The smallest absolute Gasteiger partial charge is 0.258 e. The van der Waals surface area contributed by atoms with Crippen LogP contribution in [0.4, 0.5) is 5.69 Å². The highest BCUT2D eigenvalue weighted by atomic mass is 16.2. The van der Waals surface area contributed by atoms with Crippen LogP contribution in [0.3, 0.4) is 0 Å². The molecule has 0 saturated carbocycles. The lowest BCUT2D eigenvalue weighted by molar-refractivity contribution is 0.0992. The number of benzene rings is 2. The van der Waals surface area contributed by atoms with Crippen LogP contribution in [0.5, 0.6) is 0 Å². The molecule has 0 atom stereocenters. The van der Waals surface area contributed by atoms with Crippen molar-refractivity contribution in [2.75, 3.05) is 11.9 Å². The number of fused-ring (bicyclic) bond motifs is 1. The minimum atomic E-state index is -0.0738. The molecule has 0 N–H and O–H groups in total. The molecule has 0 fully saturated rings. The van der Waals surface area contributed by atoms with E-state index in [1.807, 2.05) is 19.9 Å². The number of carbonyl (C=O) groups excluding carboxylic acids is 2. The van der Waals surface area contributed by atoms with E-state index in [0.717, 1.165) is 18.4 Å². The molecule has 0 bridgehead atoms. The lowest BCUT2D eigenvalue weighted by Gasteiger charge is -2.42. The maximum absolute atomic E-state index is 12.8. The highest BCUT2D eigenvalue weighted by Crippen LogP contribution is 2.46. The molecule has 1 aliphatic carbocycles. The number of hydrogen-bond donors (Lipinski definition) is 0. The molecule has 28 heavy (non-hydrogen) atoms. The van der Waals surface area contributed by atoms with Crippen molar-refractivity contribution in [3.05, 3.63) is 64.7 Å². The third-order valence-electron chi connectivity index (χ3n) is 5.82. The fourth-order valence-corrected chi connectivity index (χ4v) is 3.80. The summed E-state index contributed by atoms with van der Waals surface area (Å²) in [4.78, 5) is 25.3. The van der Waals surface area contributed by atoms with Gasteiger partial charge in [-0.25, -0.2) is 0 Å². The van der Waals surface area contributed by atoms with Crippen molar-refractivity contribution in [2.24, 2.45) is 0 Å². The van der Waals surface area contributed by atoms with E-state index in [4.69, 9.17) is 0 Å². The standard InChI is InChI=1S/C23H27NO2.C2H6/c1-22(2)12-13-23(3,4)20-14-18(10-11-19(20)22)24(5)21(26)17-8-6-16(15-25)7-9-17;1-2/h6-11,14-15H,12-13H2,1-5H3;1-2H3. The van der Waals surface area contributed by atoms with Crippen LogP contribution >= 0.6 is 0 Å². The zero-order valence-corrected chi connectivity index (χ0v) is 18.3. The van der Waals surface area contributed by atoms with Gasteiger partial charge in [-0.3, -0.25) is 9.59 Å². The van der Waals surface area contributed by atoms with E-state index in [1.54, 1.807) is 36.2 Å². The molecule has 1 aliphatic rings. The minimum Gasteiger partial charge on any atom is -0.311 e. The van der Waals surface area contributed by atoms with Crippen LogP contribution in [-0.2, 0) is 10.8 Å². The van der Waals surface area contributed by atoms with Gasteiger partial charge >= 0.3 is 0 Å². The predicted molar refractivity (Wildman–Crippen MR) is 118 cm³/mol. The molecule has 150 valence electrons. The molecule has 1 amide bonds. The van der Waals surface area contributed by atoms with Crippen molar-refractivity contribution in [2.45, 2.75) is 65.2 Å². The van der Waals surface area contributed by atoms with Crippen LogP contribution < -0.4 is 4.90 Å². The Morgan fingerprint density at radius 1 is 0.893 bits per heavy atom. The lowest BCUT2D eigenvalue weighted by atomic mass is 9.63. The molecule has 0 aromatic heterocycles. The molecule has 0 unspecified atom stereocenters. The van der Waals surface area contributed by atoms with Gasteiger partial charge in [0.1, 0.15) is 6.29 Å². The molecule has 3 rings (SSSR count). The number of anilines is 1. The molecule has 3 nitrogen and oxygen atoms in total. The third kappa shape index (κ3) is 4.19. The first-order valence-corrected chi connectivity index (χ1v) is 10.1. The van der Waals surface area contributed by atoms with Crippen molar-refractivity contribution >= 4 is 17.9 Å². The fourth-order valence-electron chi connectivity index (χ4n) is 3.80. The summed E-state index contributed by atoms with van der Waals surface area (Å²) in [5, 5.41) is 0. The van der Waals surface area contributed by atoms with Crippen LogP contribution in [0.1, 0.15) is 86.2 Å². The van der Waals surface area contributed by atoms with Gasteiger partial charge in [-0.1, -0.05) is 59.7 Å². The summed E-state index contributed by atoms with van der Waals surface area (Å²) < 4.78 is 0. The second kappa shape index (κ2) is 8.30. The molecular weight excluding hydrogens is 346 g/mol. The third-order valence-corrected chi connectivity index (χ3v) is 5.82. The Labute approximate surface area is 169 Å². The van der Waals surface area contributed by atoms with E-state index >= 15 is 0 Å². The van der Waals surface area contributed by atoms with Crippen molar-refractivity contribution in [1.82, 2.24) is 0 Å². The monoisotopic (exact) mass is 379 g/mol. The summed E-state index contributed by atoms with van der Waals surface area (Å²) in [6.45, 7) is 13.2. The van der Waals surface area contributed by atoms with Gasteiger partial charge in [-0.2, -0.15) is 0 Å². The summed E-state index contributed by atoms with van der Waals surface area (Å²) >= 11 is 0. The second-order valence-electron chi connectivity index (χ2n) is 8.60. The number of carbonyl (C=O) groups is 2. The SMILES string of the molecule is CC.CN(C(=O)c1ccc(C=O)cc1)c1ccc2c(c1)C(C)(C)CCC2(C)C. The quantitative estimate of drug-likeness (QED) is 0.600. The molecule has 0 heterocycles. The molecule has 0 aliphatic heterocycles. The van der Waals surface area contributed by atoms with E-state index in [2.05, 4.69) is 39.8 Å². The maximum atomic E-state index is 12.8. The van der Waals surface area contributed by atoms with E-state index in [0.29, 0.717) is 11.1 Å². The Morgan fingerprint density at radius 2 is 1.43 bits per heavy atom. The number of rotatable bonds is 3. The first kappa shape index (κ1) is 21.9. The summed E-state index contributed by atoms with van der Waals surface area (Å²) in [6, 6.07) is 13.2. The second-order valence-corrected chi connectivity index (χ2v) is 8.60. The Kier molecular flexibility index (Phi) is 6.48. The summed E-state index contributed by atoms with van der Waals surface area (Å²) in [7, 11) is 1.80. The molecule has 0 spiro atoms. The predicted octanol–water partition coefficient (Wildman–Crippen LogP) is 6.15. The number of aldehydes is 1. The average Bonchev–Trinajstić information content (AvgIpc) is 2.71. The van der Waals surface area contributed by atoms with Crippen LogP contribution in [0, 0.1) is 0 Å². The van der Waals surface area contributed by atoms with Crippen molar-refractivity contribution < 1.29 is 9.59 Å². The van der Waals surface area contributed by atoms with Gasteiger partial charge in [-0.15, -0.1) is 0 Å². The number of nitrogens with zero attached hydrogens (tertiary/aromatic N) is 1. The van der Waals surface area contributed by atoms with Gasteiger partial charge in [0.2, 0.25) is 0 Å². The van der Waals surface area contributed by atoms with Crippen molar-refractivity contribution in [1.29, 1.82) is 0 Å². The number of amides is 1. The topological polar surface area (TPSA) is 37.4 Å². The van der Waals surface area contributed by atoms with Gasteiger partial charge in [0.05, 0.1) is 0 Å². The molecular formula is C25H33NO2. The normalized spacial score (nSPS) is 16.2. The van der Waals surface area contributed by atoms with E-state index in [9.17, 15) is 9.59 Å². The Hall–Kier alpha value is -2.42. The molecule has 2 aromatic rings. The fraction of sp³-hybridized carbons (Fsp3) is 0.440. The maximum Gasteiger partial charge on any atom is 0.258 e. The Bertz CT molecular complexity index is 847. The van der Waals surface area contributed by atoms with Crippen LogP contribution in [-0.4, -0.2) is 19.2 Å². The average molecular weight is 380 g/mol. The van der Waals surface area contributed by atoms with Crippen LogP contribution in [0.2, 0.25) is 0 Å². The van der Waals surface area contributed by atoms with Gasteiger partial charge < -0.3 is 4.90 Å². The van der Waals surface area contributed by atoms with Crippen molar-refractivity contribution in [3.63, 3.8) is 0 Å². The summed E-state index contributed by atoms with van der Waals surface area (Å²) in [5.41, 5.74) is 5.04. The van der Waals surface area contributed by atoms with E-state index < -0.39 is 0 Å². The molecule has 2 aromatic carbocycles. The van der Waals surface area contributed by atoms with Gasteiger partial charge in [0.15, 0.2) is 0 Å². The lowest BCUT2D eigenvalue weighted by Crippen LogP contribution is -2.34. The van der Waals surface area contributed by atoms with Crippen molar-refractivity contribution in [3.8, 4) is 0 Å². The van der Waals surface area contributed by atoms with E-state index in [1.165, 1.54) is 17.5 Å². The minimum absolute atomic E-state index is 0.0738. The van der Waals surface area contributed by atoms with Gasteiger partial charge in [0.25, 0.3) is 5.91 Å². The summed E-state index contributed by atoms with van der Waals surface area (Å²) in [5.74, 6) is -0.0738. The first-order chi connectivity index (χ1) is 13.2. The van der Waals surface area contributed by atoms with Gasteiger partial charge in [-0.05, 0) is 59.1 Å². The zero-order valence-electron chi connectivity index (χ0n) is 18.3. The Morgan fingerprint density at radius 3 is 1.96 bits per heavy atom. The van der Waals surface area contributed by atoms with Crippen LogP contribution in [0.15, 0.2) is 42.5 Å². The zero-order chi connectivity index (χ0) is 21.1. The molecule has 0 radical (unpaired) electrons.